The van der Waals surface area contributed by atoms with E-state index in [1.165, 1.54) is 11.9 Å². The third-order valence-corrected chi connectivity index (χ3v) is 3.84. The fourth-order valence-corrected chi connectivity index (χ4v) is 2.52. The van der Waals surface area contributed by atoms with Crippen molar-refractivity contribution >= 4 is 23.3 Å². The maximum atomic E-state index is 13.8. The molecule has 0 unspecified atom stereocenters. The number of halogens is 2. The topological polar surface area (TPSA) is 73.8 Å². The number of aliphatic imine (C=N–C) groups is 1. The lowest BCUT2D eigenvalue weighted by Crippen LogP contribution is -2.56. The molecule has 0 spiro atoms. The molecule has 1 aliphatic heterocycles. The maximum Gasteiger partial charge on any atom is 0.288 e. The van der Waals surface area contributed by atoms with E-state index >= 15 is 0 Å². The van der Waals surface area contributed by atoms with Gasteiger partial charge in [0.15, 0.2) is 0 Å². The van der Waals surface area contributed by atoms with Crippen molar-refractivity contribution in [2.75, 3.05) is 11.6 Å². The second-order valence-corrected chi connectivity index (χ2v) is 5.70. The number of nitrogens with one attached hydrogen (secondary N) is 2. The lowest BCUT2D eigenvalue weighted by molar-refractivity contribution is -0.118. The molecule has 0 aliphatic carbocycles. The third-order valence-electron chi connectivity index (χ3n) is 3.84. The summed E-state index contributed by atoms with van der Waals surface area (Å²) in [7, 11) is 0. The highest BCUT2D eigenvalue weighted by Crippen LogP contribution is 2.18. The molecule has 134 valence electrons. The minimum atomic E-state index is -0.787. The molecule has 1 heterocycles. The van der Waals surface area contributed by atoms with Crippen molar-refractivity contribution < 1.29 is 18.4 Å². The highest BCUT2D eigenvalue weighted by atomic mass is 19.1. The van der Waals surface area contributed by atoms with Crippen LogP contribution in [0.1, 0.15) is 18.5 Å². The summed E-state index contributed by atoms with van der Waals surface area (Å²) in [4.78, 5) is 28.3. The van der Waals surface area contributed by atoms with Gasteiger partial charge in [-0.15, -0.1) is 0 Å². The molecule has 26 heavy (non-hydrogen) atoms. The molecule has 0 bridgehead atoms. The molecule has 1 atom stereocenters. The number of hydrazine groups is 1. The first kappa shape index (κ1) is 17.5. The van der Waals surface area contributed by atoms with Crippen molar-refractivity contribution in [2.24, 2.45) is 4.99 Å². The predicted octanol–water partition coefficient (Wildman–Crippen LogP) is 2.09. The van der Waals surface area contributed by atoms with Gasteiger partial charge in [0.05, 0.1) is 11.7 Å². The fraction of sp³-hybridized carbons (Fsp3) is 0.167. The second-order valence-electron chi connectivity index (χ2n) is 5.70. The summed E-state index contributed by atoms with van der Waals surface area (Å²) in [5.41, 5.74) is 3.23. The van der Waals surface area contributed by atoms with Gasteiger partial charge in [0, 0.05) is 5.56 Å². The Balaban J connectivity index is 1.73. The van der Waals surface area contributed by atoms with Gasteiger partial charge in [-0.2, -0.15) is 0 Å². The summed E-state index contributed by atoms with van der Waals surface area (Å²) in [6, 6.07) is 11.0. The van der Waals surface area contributed by atoms with E-state index in [4.69, 9.17) is 0 Å². The van der Waals surface area contributed by atoms with Crippen LogP contribution in [-0.2, 0) is 9.59 Å². The van der Waals surface area contributed by atoms with Crippen LogP contribution in [0.5, 0.6) is 0 Å². The Labute approximate surface area is 148 Å². The number of hydrogen-bond donors (Lipinski definition) is 2. The number of amidine groups is 1. The van der Waals surface area contributed by atoms with Crippen LogP contribution in [0.2, 0.25) is 0 Å². The van der Waals surface area contributed by atoms with E-state index in [0.717, 1.165) is 18.2 Å². The Morgan fingerprint density at radius 1 is 1.23 bits per heavy atom. The van der Waals surface area contributed by atoms with E-state index in [9.17, 15) is 18.4 Å². The van der Waals surface area contributed by atoms with Crippen LogP contribution in [-0.4, -0.2) is 24.2 Å². The minimum Gasteiger partial charge on any atom is -0.343 e. The molecule has 2 aromatic rings. The Kier molecular flexibility index (Phi) is 4.92. The second kappa shape index (κ2) is 7.30. The molecule has 2 aromatic carbocycles. The predicted molar refractivity (Wildman–Crippen MR) is 92.3 cm³/mol. The number of anilines is 1. The Hall–Kier alpha value is -3.29. The molecule has 1 aliphatic rings. The number of benzene rings is 2. The van der Waals surface area contributed by atoms with Crippen LogP contribution in [0, 0.1) is 11.6 Å². The molecule has 0 fully saturated rings. The van der Waals surface area contributed by atoms with E-state index in [1.807, 2.05) is 0 Å². The zero-order valence-electron chi connectivity index (χ0n) is 13.9. The monoisotopic (exact) mass is 358 g/mol. The number of amides is 2. The van der Waals surface area contributed by atoms with E-state index < -0.39 is 23.6 Å². The number of carbonyl (C=O) groups is 2. The van der Waals surface area contributed by atoms with Gasteiger partial charge >= 0.3 is 0 Å². The lowest BCUT2D eigenvalue weighted by atomic mass is 10.1. The molecule has 8 heteroatoms. The lowest BCUT2D eigenvalue weighted by Gasteiger charge is -2.28. The van der Waals surface area contributed by atoms with Crippen LogP contribution < -0.4 is 15.8 Å². The number of para-hydroxylation sites is 1. The van der Waals surface area contributed by atoms with Gasteiger partial charge in [-0.05, 0) is 37.3 Å². The van der Waals surface area contributed by atoms with Gasteiger partial charge in [-0.25, -0.2) is 13.8 Å². The first-order valence-corrected chi connectivity index (χ1v) is 7.90. The van der Waals surface area contributed by atoms with Crippen molar-refractivity contribution in [1.82, 2.24) is 10.7 Å². The highest BCUT2D eigenvalue weighted by molar-refractivity contribution is 6.39. The van der Waals surface area contributed by atoms with Crippen molar-refractivity contribution in [3.8, 4) is 0 Å². The molecule has 6 nitrogen and oxygen atoms in total. The highest BCUT2D eigenvalue weighted by Gasteiger charge is 2.26. The number of carbonyl (C=O) groups excluding carboxylic acids is 2. The van der Waals surface area contributed by atoms with E-state index in [0.29, 0.717) is 5.69 Å². The molecule has 2 amide bonds. The Bertz CT molecular complexity index is 871. The first-order valence-electron chi connectivity index (χ1n) is 7.90. The Morgan fingerprint density at radius 2 is 1.96 bits per heavy atom. The van der Waals surface area contributed by atoms with E-state index in [-0.39, 0.29) is 23.9 Å². The quantitative estimate of drug-likeness (QED) is 0.879. The molecule has 0 aromatic heterocycles. The van der Waals surface area contributed by atoms with Crippen LogP contribution in [0.3, 0.4) is 0 Å². The first-order chi connectivity index (χ1) is 12.5. The van der Waals surface area contributed by atoms with Gasteiger partial charge in [0.25, 0.3) is 11.8 Å². The standard InChI is InChI=1S/C18H16F2N4O2/c1-11(14-9-12(19)7-8-15(14)20)22-18(26)17-21-10-16(25)24(23-17)13-5-3-2-4-6-13/h2-9,11H,10H2,1H3,(H,21,23)(H,22,26)/t11-/m0/s1. The van der Waals surface area contributed by atoms with Crippen LogP contribution in [0.4, 0.5) is 14.5 Å². The summed E-state index contributed by atoms with van der Waals surface area (Å²) in [6.07, 6.45) is 0. The molecular formula is C18H16F2N4O2. The number of rotatable bonds is 4. The van der Waals surface area contributed by atoms with Crippen molar-refractivity contribution in [3.05, 3.63) is 65.7 Å². The average molecular weight is 358 g/mol. The summed E-state index contributed by atoms with van der Waals surface area (Å²) in [5.74, 6) is -2.26. The largest absolute Gasteiger partial charge is 0.343 e. The van der Waals surface area contributed by atoms with Crippen molar-refractivity contribution in [2.45, 2.75) is 13.0 Å². The average Bonchev–Trinajstić information content (AvgIpc) is 2.64. The maximum absolute atomic E-state index is 13.8. The fourth-order valence-electron chi connectivity index (χ4n) is 2.52. The summed E-state index contributed by atoms with van der Waals surface area (Å²) < 4.78 is 27.2. The molecule has 0 saturated carbocycles. The third kappa shape index (κ3) is 3.69. The summed E-state index contributed by atoms with van der Waals surface area (Å²) in [5, 5.41) is 3.76. The van der Waals surface area contributed by atoms with Crippen LogP contribution in [0.25, 0.3) is 0 Å². The normalized spacial score (nSPS) is 15.1. The number of hydrogen-bond acceptors (Lipinski definition) is 4. The van der Waals surface area contributed by atoms with Gasteiger partial charge in [-0.1, -0.05) is 18.2 Å². The van der Waals surface area contributed by atoms with Crippen molar-refractivity contribution in [3.63, 3.8) is 0 Å². The molecule has 3 rings (SSSR count). The SMILES string of the molecule is C[C@H](NC(=O)C1=NCC(=O)N(c2ccccc2)N1)c1cc(F)ccc1F. The summed E-state index contributed by atoms with van der Waals surface area (Å²) >= 11 is 0. The van der Waals surface area contributed by atoms with Crippen LogP contribution >= 0.6 is 0 Å². The van der Waals surface area contributed by atoms with Crippen LogP contribution in [0.15, 0.2) is 53.5 Å². The molecule has 0 saturated heterocycles. The van der Waals surface area contributed by atoms with Crippen molar-refractivity contribution in [1.29, 1.82) is 0 Å². The van der Waals surface area contributed by atoms with Gasteiger partial charge in [0.1, 0.15) is 18.2 Å². The zero-order valence-corrected chi connectivity index (χ0v) is 13.9. The minimum absolute atomic E-state index is 0.0192. The number of nitrogens with zero attached hydrogens (tertiary/aromatic N) is 2. The molecule has 2 N–H and O–H groups in total. The zero-order chi connectivity index (χ0) is 18.7. The van der Waals surface area contributed by atoms with Gasteiger partial charge in [-0.3, -0.25) is 20.0 Å². The van der Waals surface area contributed by atoms with Gasteiger partial charge in [0.2, 0.25) is 5.84 Å². The van der Waals surface area contributed by atoms with Gasteiger partial charge < -0.3 is 5.32 Å². The van der Waals surface area contributed by atoms with E-state index in [2.05, 4.69) is 15.7 Å². The molecular weight excluding hydrogens is 342 g/mol. The Morgan fingerprint density at radius 3 is 2.69 bits per heavy atom. The van der Waals surface area contributed by atoms with E-state index in [1.54, 1.807) is 30.3 Å². The summed E-state index contributed by atoms with van der Waals surface area (Å²) in [6.45, 7) is 1.33. The molecule has 0 radical (unpaired) electrons. The smallest absolute Gasteiger partial charge is 0.288 e.